The monoisotopic (exact) mass is 266 g/mol. The van der Waals surface area contributed by atoms with Crippen molar-refractivity contribution in [3.63, 3.8) is 0 Å². The van der Waals surface area contributed by atoms with Crippen LogP contribution in [0.1, 0.15) is 18.2 Å². The highest BCUT2D eigenvalue weighted by atomic mass is 79.9. The van der Waals surface area contributed by atoms with Gasteiger partial charge in [-0.05, 0) is 25.1 Å². The number of rotatable bonds is 2. The topological polar surface area (TPSA) is 13.1 Å². The van der Waals surface area contributed by atoms with E-state index in [1.807, 2.05) is 12.1 Å². The highest BCUT2D eigenvalue weighted by Gasteiger charge is 2.02. The van der Waals surface area contributed by atoms with E-state index in [2.05, 4.69) is 38.1 Å². The summed E-state index contributed by atoms with van der Waals surface area (Å²) in [4.78, 5) is 0. The van der Waals surface area contributed by atoms with Crippen molar-refractivity contribution in [2.75, 3.05) is 0 Å². The van der Waals surface area contributed by atoms with E-state index < -0.39 is 0 Å². The van der Waals surface area contributed by atoms with Gasteiger partial charge in [0.1, 0.15) is 11.5 Å². The predicted octanol–water partition coefficient (Wildman–Crippen LogP) is 4.40. The van der Waals surface area contributed by atoms with Crippen LogP contribution >= 0.6 is 17.0 Å². The van der Waals surface area contributed by atoms with Crippen LogP contribution in [0, 0.1) is 6.92 Å². The Balaban J connectivity index is 0.00000112. The molecule has 1 aromatic heterocycles. The summed E-state index contributed by atoms with van der Waals surface area (Å²) in [5.74, 6) is 2.01. The van der Waals surface area contributed by atoms with Crippen LogP contribution in [0.3, 0.4) is 0 Å². The molecule has 1 heterocycles. The normalized spacial score (nSPS) is 9.73. The molecule has 0 fully saturated rings. The van der Waals surface area contributed by atoms with Gasteiger partial charge in [-0.15, -0.1) is 17.0 Å². The Hall–Kier alpha value is -1.02. The van der Waals surface area contributed by atoms with Crippen molar-refractivity contribution in [1.82, 2.24) is 0 Å². The molecule has 80 valence electrons. The first-order valence-electron chi connectivity index (χ1n) is 4.95. The zero-order valence-corrected chi connectivity index (χ0v) is 10.7. The van der Waals surface area contributed by atoms with E-state index in [9.17, 15) is 0 Å². The maximum absolute atomic E-state index is 5.67. The maximum Gasteiger partial charge on any atom is 0.134 e. The molecule has 0 bridgehead atoms. The highest BCUT2D eigenvalue weighted by molar-refractivity contribution is 8.93. The molecule has 15 heavy (non-hydrogen) atoms. The number of hydrogen-bond donors (Lipinski definition) is 0. The second kappa shape index (κ2) is 5.17. The lowest BCUT2D eigenvalue weighted by Crippen LogP contribution is -1.76. The molecular weight excluding hydrogens is 252 g/mol. The summed E-state index contributed by atoms with van der Waals surface area (Å²) in [6.07, 6.45) is 0.950. The minimum absolute atomic E-state index is 0. The molecule has 0 unspecified atom stereocenters. The van der Waals surface area contributed by atoms with Crippen molar-refractivity contribution in [2.24, 2.45) is 0 Å². The van der Waals surface area contributed by atoms with Crippen molar-refractivity contribution >= 4 is 17.0 Å². The standard InChI is InChI=1S/C13H14O.BrH/c1-3-12-7-8-13(14-12)11-6-4-5-10(2)9-11;/h4-9H,3H2,1-2H3;1H. The summed E-state index contributed by atoms with van der Waals surface area (Å²) in [7, 11) is 0. The zero-order chi connectivity index (χ0) is 9.97. The molecule has 0 radical (unpaired) electrons. The number of halogens is 1. The number of furan rings is 1. The molecule has 0 spiro atoms. The molecule has 2 heteroatoms. The van der Waals surface area contributed by atoms with Gasteiger partial charge >= 0.3 is 0 Å². The van der Waals surface area contributed by atoms with Crippen LogP contribution < -0.4 is 0 Å². The first kappa shape index (κ1) is 12.1. The summed E-state index contributed by atoms with van der Waals surface area (Å²) in [6, 6.07) is 12.4. The van der Waals surface area contributed by atoms with Gasteiger partial charge < -0.3 is 4.42 Å². The molecule has 0 saturated carbocycles. The molecule has 0 atom stereocenters. The summed E-state index contributed by atoms with van der Waals surface area (Å²) < 4.78 is 5.67. The van der Waals surface area contributed by atoms with Crippen LogP contribution in [0.25, 0.3) is 11.3 Å². The van der Waals surface area contributed by atoms with E-state index in [0.717, 1.165) is 23.5 Å². The Morgan fingerprint density at radius 2 is 1.93 bits per heavy atom. The Bertz CT molecular complexity index is 432. The van der Waals surface area contributed by atoms with E-state index in [1.165, 1.54) is 5.56 Å². The Morgan fingerprint density at radius 1 is 1.13 bits per heavy atom. The first-order valence-corrected chi connectivity index (χ1v) is 4.95. The van der Waals surface area contributed by atoms with Crippen molar-refractivity contribution in [3.8, 4) is 11.3 Å². The Morgan fingerprint density at radius 3 is 2.53 bits per heavy atom. The summed E-state index contributed by atoms with van der Waals surface area (Å²) in [5, 5.41) is 0. The van der Waals surface area contributed by atoms with Crippen molar-refractivity contribution in [1.29, 1.82) is 0 Å². The second-order valence-corrected chi connectivity index (χ2v) is 3.49. The third-order valence-electron chi connectivity index (χ3n) is 2.31. The molecular formula is C13H15BrO. The van der Waals surface area contributed by atoms with Crippen molar-refractivity contribution in [2.45, 2.75) is 20.3 Å². The lowest BCUT2D eigenvalue weighted by atomic mass is 10.1. The van der Waals surface area contributed by atoms with Gasteiger partial charge in [-0.1, -0.05) is 30.7 Å². The van der Waals surface area contributed by atoms with Crippen LogP contribution in [0.5, 0.6) is 0 Å². The fourth-order valence-corrected chi connectivity index (χ4v) is 1.52. The largest absolute Gasteiger partial charge is 0.461 e. The molecule has 2 rings (SSSR count). The molecule has 0 saturated heterocycles. The van der Waals surface area contributed by atoms with Gasteiger partial charge in [0.2, 0.25) is 0 Å². The molecule has 0 aliphatic carbocycles. The van der Waals surface area contributed by atoms with Gasteiger partial charge in [0.15, 0.2) is 0 Å². The third-order valence-corrected chi connectivity index (χ3v) is 2.31. The average molecular weight is 267 g/mol. The number of benzene rings is 1. The van der Waals surface area contributed by atoms with E-state index in [-0.39, 0.29) is 17.0 Å². The average Bonchev–Trinajstić information content (AvgIpc) is 2.66. The minimum atomic E-state index is 0. The molecule has 0 amide bonds. The molecule has 0 aliphatic rings. The summed E-state index contributed by atoms with van der Waals surface area (Å²) in [6.45, 7) is 4.19. The molecule has 0 aliphatic heterocycles. The van der Waals surface area contributed by atoms with Crippen LogP contribution in [-0.2, 0) is 6.42 Å². The smallest absolute Gasteiger partial charge is 0.134 e. The van der Waals surface area contributed by atoms with Gasteiger partial charge in [-0.2, -0.15) is 0 Å². The number of hydrogen-bond acceptors (Lipinski definition) is 1. The number of aryl methyl sites for hydroxylation is 2. The summed E-state index contributed by atoms with van der Waals surface area (Å²) in [5.41, 5.74) is 2.42. The van der Waals surface area contributed by atoms with Gasteiger partial charge in [-0.3, -0.25) is 0 Å². The first-order chi connectivity index (χ1) is 6.79. The maximum atomic E-state index is 5.67. The lowest BCUT2D eigenvalue weighted by molar-refractivity contribution is 0.529. The van der Waals surface area contributed by atoms with Gasteiger partial charge in [-0.25, -0.2) is 0 Å². The molecule has 1 aromatic carbocycles. The van der Waals surface area contributed by atoms with E-state index in [0.29, 0.717) is 0 Å². The van der Waals surface area contributed by atoms with Crippen LogP contribution in [0.4, 0.5) is 0 Å². The van der Waals surface area contributed by atoms with E-state index in [1.54, 1.807) is 0 Å². The van der Waals surface area contributed by atoms with Crippen molar-refractivity contribution in [3.05, 3.63) is 47.7 Å². The Kier molecular flexibility index (Phi) is 4.15. The second-order valence-electron chi connectivity index (χ2n) is 3.49. The quantitative estimate of drug-likeness (QED) is 0.786. The van der Waals surface area contributed by atoms with Crippen LogP contribution in [0.2, 0.25) is 0 Å². The zero-order valence-electron chi connectivity index (χ0n) is 8.99. The molecule has 1 nitrogen and oxygen atoms in total. The third kappa shape index (κ3) is 2.72. The molecule has 2 aromatic rings. The van der Waals surface area contributed by atoms with Gasteiger partial charge in [0.05, 0.1) is 0 Å². The van der Waals surface area contributed by atoms with E-state index >= 15 is 0 Å². The summed E-state index contributed by atoms with van der Waals surface area (Å²) >= 11 is 0. The molecule has 0 N–H and O–H groups in total. The van der Waals surface area contributed by atoms with Crippen molar-refractivity contribution < 1.29 is 4.42 Å². The van der Waals surface area contributed by atoms with Crippen LogP contribution in [0.15, 0.2) is 40.8 Å². The van der Waals surface area contributed by atoms with Gasteiger partial charge in [0.25, 0.3) is 0 Å². The SMILES string of the molecule is Br.CCc1ccc(-c2cccc(C)c2)o1. The predicted molar refractivity (Wildman–Crippen MR) is 68.6 cm³/mol. The minimum Gasteiger partial charge on any atom is -0.461 e. The van der Waals surface area contributed by atoms with E-state index in [4.69, 9.17) is 4.42 Å². The van der Waals surface area contributed by atoms with Crippen LogP contribution in [-0.4, -0.2) is 0 Å². The highest BCUT2D eigenvalue weighted by Crippen LogP contribution is 2.22. The van der Waals surface area contributed by atoms with Gasteiger partial charge in [0, 0.05) is 12.0 Å². The Labute approximate surface area is 101 Å². The lowest BCUT2D eigenvalue weighted by Gasteiger charge is -1.98. The fraction of sp³-hybridized carbons (Fsp3) is 0.231. The fourth-order valence-electron chi connectivity index (χ4n) is 1.52.